The lowest BCUT2D eigenvalue weighted by atomic mass is 10.1. The lowest BCUT2D eigenvalue weighted by molar-refractivity contribution is -0.124. The Morgan fingerprint density at radius 1 is 1.13 bits per heavy atom. The standard InChI is InChI=1S/C17H24N2O2S2/c1-4-14(16(22-2)23-3)15(20)19(17(18)21)12-8-11-13-9-6-5-7-10-13/h5-7,9-10H,4,8,11-12H2,1-3H3,(H2,18,21). The Labute approximate surface area is 146 Å². The number of hydrogen-bond acceptors (Lipinski definition) is 4. The molecular weight excluding hydrogens is 328 g/mol. The maximum Gasteiger partial charge on any atom is 0.321 e. The number of thioether (sulfide) groups is 2. The van der Waals surface area contributed by atoms with Crippen molar-refractivity contribution in [3.63, 3.8) is 0 Å². The predicted octanol–water partition coefficient (Wildman–Crippen LogP) is 3.87. The first-order valence-corrected chi connectivity index (χ1v) is 9.96. The fraction of sp³-hybridized carbons (Fsp3) is 0.412. The van der Waals surface area contributed by atoms with E-state index in [9.17, 15) is 9.59 Å². The molecule has 3 amide bonds. The van der Waals surface area contributed by atoms with Crippen molar-refractivity contribution in [2.45, 2.75) is 26.2 Å². The Hall–Kier alpha value is -1.40. The molecule has 0 atom stereocenters. The molecule has 1 aromatic rings. The van der Waals surface area contributed by atoms with Gasteiger partial charge in [0.05, 0.1) is 0 Å². The van der Waals surface area contributed by atoms with Crippen LogP contribution in [0.1, 0.15) is 25.3 Å². The van der Waals surface area contributed by atoms with Crippen LogP contribution in [0.2, 0.25) is 0 Å². The van der Waals surface area contributed by atoms with E-state index < -0.39 is 6.03 Å². The minimum absolute atomic E-state index is 0.272. The van der Waals surface area contributed by atoms with Gasteiger partial charge in [0.1, 0.15) is 0 Å². The first-order valence-electron chi connectivity index (χ1n) is 7.51. The maximum absolute atomic E-state index is 12.7. The van der Waals surface area contributed by atoms with E-state index >= 15 is 0 Å². The molecule has 23 heavy (non-hydrogen) atoms. The van der Waals surface area contributed by atoms with E-state index in [-0.39, 0.29) is 5.91 Å². The van der Waals surface area contributed by atoms with Crippen molar-refractivity contribution in [1.29, 1.82) is 0 Å². The highest BCUT2D eigenvalue weighted by Gasteiger charge is 2.23. The van der Waals surface area contributed by atoms with Crippen molar-refractivity contribution in [3.05, 3.63) is 45.7 Å². The summed E-state index contributed by atoms with van der Waals surface area (Å²) in [5, 5.41) is 0. The average Bonchev–Trinajstić information content (AvgIpc) is 2.56. The van der Waals surface area contributed by atoms with Gasteiger partial charge in [0.15, 0.2) is 0 Å². The Morgan fingerprint density at radius 3 is 2.22 bits per heavy atom. The summed E-state index contributed by atoms with van der Waals surface area (Å²) in [5.74, 6) is -0.272. The van der Waals surface area contributed by atoms with E-state index in [2.05, 4.69) is 0 Å². The second kappa shape index (κ2) is 10.4. The summed E-state index contributed by atoms with van der Waals surface area (Å²) < 4.78 is 0.937. The van der Waals surface area contributed by atoms with Crippen molar-refractivity contribution >= 4 is 35.5 Å². The molecule has 2 N–H and O–H groups in total. The number of nitrogens with zero attached hydrogens (tertiary/aromatic N) is 1. The number of nitrogens with two attached hydrogens (primary N) is 1. The van der Waals surface area contributed by atoms with Gasteiger partial charge in [-0.1, -0.05) is 37.3 Å². The number of aryl methyl sites for hydroxylation is 1. The van der Waals surface area contributed by atoms with Gasteiger partial charge < -0.3 is 5.73 Å². The summed E-state index contributed by atoms with van der Waals surface area (Å²) in [5.41, 5.74) is 7.26. The van der Waals surface area contributed by atoms with Crippen molar-refractivity contribution in [2.75, 3.05) is 19.1 Å². The maximum atomic E-state index is 12.7. The number of hydrogen-bond donors (Lipinski definition) is 1. The van der Waals surface area contributed by atoms with Gasteiger partial charge in [0, 0.05) is 16.4 Å². The second-order valence-electron chi connectivity index (χ2n) is 4.91. The van der Waals surface area contributed by atoms with E-state index in [4.69, 9.17) is 5.73 Å². The molecule has 4 nitrogen and oxygen atoms in total. The summed E-state index contributed by atoms with van der Waals surface area (Å²) >= 11 is 3.05. The van der Waals surface area contributed by atoms with Crippen molar-refractivity contribution in [2.24, 2.45) is 5.73 Å². The number of carbonyl (C=O) groups excluding carboxylic acids is 2. The number of rotatable bonds is 8. The Bertz CT molecular complexity index is 553. The zero-order valence-corrected chi connectivity index (χ0v) is 15.5. The molecule has 0 aliphatic heterocycles. The van der Waals surface area contributed by atoms with Gasteiger partial charge in [0.2, 0.25) is 0 Å². The number of primary amides is 1. The topological polar surface area (TPSA) is 63.4 Å². The summed E-state index contributed by atoms with van der Waals surface area (Å²) in [6.45, 7) is 2.26. The number of benzene rings is 1. The molecule has 0 unspecified atom stereocenters. The van der Waals surface area contributed by atoms with Gasteiger partial charge in [-0.15, -0.1) is 23.5 Å². The molecule has 0 saturated carbocycles. The molecule has 6 heteroatoms. The summed E-state index contributed by atoms with van der Waals surface area (Å²) in [4.78, 5) is 25.5. The molecule has 0 fully saturated rings. The molecule has 1 aromatic carbocycles. The highest BCUT2D eigenvalue weighted by atomic mass is 32.2. The third kappa shape index (κ3) is 5.95. The number of carbonyl (C=O) groups is 2. The molecule has 0 saturated heterocycles. The molecule has 0 aliphatic carbocycles. The average molecular weight is 353 g/mol. The zero-order chi connectivity index (χ0) is 17.2. The molecule has 0 bridgehead atoms. The van der Waals surface area contributed by atoms with Gasteiger partial charge in [-0.2, -0.15) is 0 Å². The Kier molecular flexibility index (Phi) is 8.87. The zero-order valence-electron chi connectivity index (χ0n) is 13.9. The van der Waals surface area contributed by atoms with Crippen LogP contribution in [0, 0.1) is 0 Å². The van der Waals surface area contributed by atoms with Gasteiger partial charge in [-0.25, -0.2) is 4.79 Å². The SMILES string of the molecule is CCC(C(=O)N(CCCc1ccccc1)C(N)=O)=C(SC)SC. The van der Waals surface area contributed by atoms with Crippen LogP contribution in [-0.2, 0) is 11.2 Å². The first kappa shape index (κ1) is 19.6. The van der Waals surface area contributed by atoms with Crippen LogP contribution < -0.4 is 5.73 Å². The van der Waals surface area contributed by atoms with Crippen LogP contribution in [0.15, 0.2) is 40.1 Å². The van der Waals surface area contributed by atoms with Crippen LogP contribution in [0.25, 0.3) is 0 Å². The highest BCUT2D eigenvalue weighted by molar-refractivity contribution is 8.21. The van der Waals surface area contributed by atoms with Crippen LogP contribution in [0.5, 0.6) is 0 Å². The monoisotopic (exact) mass is 352 g/mol. The molecule has 0 aromatic heterocycles. The van der Waals surface area contributed by atoms with Gasteiger partial charge >= 0.3 is 6.03 Å². The summed E-state index contributed by atoms with van der Waals surface area (Å²) in [6, 6.07) is 9.31. The van der Waals surface area contributed by atoms with E-state index in [1.165, 1.54) is 29.1 Å². The lowest BCUT2D eigenvalue weighted by Crippen LogP contribution is -2.42. The number of imide groups is 1. The van der Waals surface area contributed by atoms with Crippen LogP contribution in [0.3, 0.4) is 0 Å². The fourth-order valence-corrected chi connectivity index (χ4v) is 3.90. The summed E-state index contributed by atoms with van der Waals surface area (Å²) in [7, 11) is 0. The normalized spacial score (nSPS) is 10.2. The minimum Gasteiger partial charge on any atom is -0.351 e. The third-order valence-electron chi connectivity index (χ3n) is 3.43. The van der Waals surface area contributed by atoms with Crippen LogP contribution in [-0.4, -0.2) is 35.9 Å². The molecular formula is C17H24N2O2S2. The molecule has 0 radical (unpaired) electrons. The quantitative estimate of drug-likeness (QED) is 0.721. The smallest absolute Gasteiger partial charge is 0.321 e. The highest BCUT2D eigenvalue weighted by Crippen LogP contribution is 2.30. The molecule has 1 rings (SSSR count). The van der Waals surface area contributed by atoms with Gasteiger partial charge in [-0.3, -0.25) is 9.69 Å². The molecule has 126 valence electrons. The second-order valence-corrected chi connectivity index (χ2v) is 6.80. The van der Waals surface area contributed by atoms with E-state index in [1.807, 2.05) is 49.8 Å². The molecule has 0 heterocycles. The van der Waals surface area contributed by atoms with Gasteiger partial charge in [0.25, 0.3) is 5.91 Å². The van der Waals surface area contributed by atoms with E-state index in [0.717, 1.165) is 15.6 Å². The van der Waals surface area contributed by atoms with Gasteiger partial charge in [-0.05, 0) is 37.3 Å². The first-order chi connectivity index (χ1) is 11.0. The Morgan fingerprint density at radius 2 is 1.74 bits per heavy atom. The number of urea groups is 1. The van der Waals surface area contributed by atoms with E-state index in [1.54, 1.807) is 0 Å². The Balaban J connectivity index is 2.79. The number of amides is 3. The van der Waals surface area contributed by atoms with Crippen molar-refractivity contribution < 1.29 is 9.59 Å². The molecule has 0 aliphatic rings. The van der Waals surface area contributed by atoms with Crippen LogP contribution >= 0.6 is 23.5 Å². The van der Waals surface area contributed by atoms with Crippen molar-refractivity contribution in [3.8, 4) is 0 Å². The largest absolute Gasteiger partial charge is 0.351 e. The van der Waals surface area contributed by atoms with Crippen LogP contribution in [0.4, 0.5) is 4.79 Å². The lowest BCUT2D eigenvalue weighted by Gasteiger charge is -2.21. The van der Waals surface area contributed by atoms with Crippen molar-refractivity contribution in [1.82, 2.24) is 4.90 Å². The molecule has 0 spiro atoms. The predicted molar refractivity (Wildman–Crippen MR) is 100 cm³/mol. The van der Waals surface area contributed by atoms with E-state index in [0.29, 0.717) is 25.0 Å². The fourth-order valence-electron chi connectivity index (χ4n) is 2.27. The minimum atomic E-state index is -0.685. The summed E-state index contributed by atoms with van der Waals surface area (Å²) in [6.07, 6.45) is 5.94. The third-order valence-corrected chi connectivity index (χ3v) is 5.66.